The predicted molar refractivity (Wildman–Crippen MR) is 86.1 cm³/mol. The highest BCUT2D eigenvalue weighted by molar-refractivity contribution is 6.08. The van der Waals surface area contributed by atoms with Crippen molar-refractivity contribution in [3.63, 3.8) is 0 Å². The Morgan fingerprint density at radius 2 is 1.75 bits per heavy atom. The molecule has 0 radical (unpaired) electrons. The van der Waals surface area contributed by atoms with Gasteiger partial charge < -0.3 is 10.3 Å². The Morgan fingerprint density at radius 3 is 2.50 bits per heavy atom. The van der Waals surface area contributed by atoms with E-state index in [-0.39, 0.29) is 0 Å². The molecule has 0 amide bonds. The fraction of sp³-hybridized carbons (Fsp3) is 0.0588. The first-order valence-electron chi connectivity index (χ1n) is 7.18. The van der Waals surface area contributed by atoms with Crippen LogP contribution in [0.5, 0.6) is 0 Å². The molecular weight excluding hydrogens is 317 g/mol. The summed E-state index contributed by atoms with van der Waals surface area (Å²) in [6.07, 6.45) is -3.06. The first-order valence-corrected chi connectivity index (χ1v) is 7.18. The SMILES string of the molecule is FC(F)(F)c1ccc2[nH]c3c(Nc4ccccc4)ncnc3c2c1. The zero-order chi connectivity index (χ0) is 16.7. The highest BCUT2D eigenvalue weighted by Crippen LogP contribution is 2.34. The summed E-state index contributed by atoms with van der Waals surface area (Å²) in [6, 6.07) is 13.0. The van der Waals surface area contributed by atoms with Gasteiger partial charge in [0, 0.05) is 16.6 Å². The van der Waals surface area contributed by atoms with Crippen LogP contribution in [0.25, 0.3) is 21.9 Å². The van der Waals surface area contributed by atoms with Crippen LogP contribution in [-0.2, 0) is 6.18 Å². The van der Waals surface area contributed by atoms with Crippen LogP contribution < -0.4 is 5.32 Å². The summed E-state index contributed by atoms with van der Waals surface area (Å²) in [5.74, 6) is 0.510. The number of fused-ring (bicyclic) bond motifs is 3. The van der Waals surface area contributed by atoms with Gasteiger partial charge in [0.2, 0.25) is 0 Å². The van der Waals surface area contributed by atoms with E-state index in [2.05, 4.69) is 20.3 Å². The quantitative estimate of drug-likeness (QED) is 0.552. The molecule has 0 aliphatic heterocycles. The second kappa shape index (κ2) is 5.23. The van der Waals surface area contributed by atoms with Crippen molar-refractivity contribution in [2.45, 2.75) is 6.18 Å². The standard InChI is InChI=1S/C17H11F3N4/c18-17(19,20)10-6-7-13-12(8-10)14-15(24-13)16(22-9-21-14)23-11-4-2-1-3-5-11/h1-9,24H,(H,21,22,23). The van der Waals surface area contributed by atoms with Crippen LogP contribution in [0.3, 0.4) is 0 Å². The summed E-state index contributed by atoms with van der Waals surface area (Å²) >= 11 is 0. The Morgan fingerprint density at radius 1 is 0.958 bits per heavy atom. The lowest BCUT2D eigenvalue weighted by Crippen LogP contribution is -2.03. The van der Waals surface area contributed by atoms with Crippen molar-refractivity contribution in [2.24, 2.45) is 0 Å². The van der Waals surface area contributed by atoms with Crippen LogP contribution >= 0.6 is 0 Å². The molecule has 0 bridgehead atoms. The Kier molecular flexibility index (Phi) is 3.16. The Bertz CT molecular complexity index is 1020. The molecule has 0 aliphatic rings. The van der Waals surface area contributed by atoms with Crippen molar-refractivity contribution in [3.05, 3.63) is 60.4 Å². The number of aromatic amines is 1. The molecule has 2 N–H and O–H groups in total. The summed E-state index contributed by atoms with van der Waals surface area (Å²) in [6.45, 7) is 0. The number of benzene rings is 2. The molecule has 2 aromatic heterocycles. The van der Waals surface area contributed by atoms with Gasteiger partial charge in [-0.3, -0.25) is 0 Å². The zero-order valence-corrected chi connectivity index (χ0v) is 12.2. The molecule has 2 heterocycles. The van der Waals surface area contributed by atoms with Gasteiger partial charge in [0.05, 0.1) is 5.56 Å². The molecule has 4 nitrogen and oxygen atoms in total. The highest BCUT2D eigenvalue weighted by atomic mass is 19.4. The molecule has 0 fully saturated rings. The smallest absolute Gasteiger partial charge is 0.350 e. The summed E-state index contributed by atoms with van der Waals surface area (Å²) < 4.78 is 38.8. The van der Waals surface area contributed by atoms with Gasteiger partial charge in [-0.2, -0.15) is 13.2 Å². The van der Waals surface area contributed by atoms with E-state index >= 15 is 0 Å². The third kappa shape index (κ3) is 2.44. The van der Waals surface area contributed by atoms with Gasteiger partial charge in [-0.05, 0) is 30.3 Å². The lowest BCUT2D eigenvalue weighted by molar-refractivity contribution is -0.137. The van der Waals surface area contributed by atoms with Crippen molar-refractivity contribution in [1.29, 1.82) is 0 Å². The zero-order valence-electron chi connectivity index (χ0n) is 12.2. The molecule has 0 saturated carbocycles. The number of H-pyrrole nitrogens is 1. The van der Waals surface area contributed by atoms with Crippen LogP contribution in [0.2, 0.25) is 0 Å². The van der Waals surface area contributed by atoms with Crippen molar-refractivity contribution in [2.75, 3.05) is 5.32 Å². The molecule has 4 rings (SSSR count). The Hall–Kier alpha value is -3.09. The predicted octanol–water partition coefficient (Wildman–Crippen LogP) is 4.87. The first-order chi connectivity index (χ1) is 11.5. The third-order valence-electron chi connectivity index (χ3n) is 3.75. The second-order valence-corrected chi connectivity index (χ2v) is 5.32. The van der Waals surface area contributed by atoms with Gasteiger partial charge >= 0.3 is 6.18 Å². The maximum atomic E-state index is 12.9. The van der Waals surface area contributed by atoms with Crippen LogP contribution in [0.1, 0.15) is 5.56 Å². The summed E-state index contributed by atoms with van der Waals surface area (Å²) in [7, 11) is 0. The minimum atomic E-state index is -4.39. The second-order valence-electron chi connectivity index (χ2n) is 5.32. The summed E-state index contributed by atoms with van der Waals surface area (Å²) in [4.78, 5) is 11.4. The van der Waals surface area contributed by atoms with E-state index in [0.29, 0.717) is 27.8 Å². The molecule has 120 valence electrons. The number of alkyl halides is 3. The maximum absolute atomic E-state index is 12.9. The molecule has 0 atom stereocenters. The fourth-order valence-corrected chi connectivity index (χ4v) is 2.62. The fourth-order valence-electron chi connectivity index (χ4n) is 2.62. The first kappa shape index (κ1) is 14.5. The van der Waals surface area contributed by atoms with Gasteiger partial charge in [-0.1, -0.05) is 18.2 Å². The maximum Gasteiger partial charge on any atom is 0.416 e. The molecule has 24 heavy (non-hydrogen) atoms. The minimum absolute atomic E-state index is 0.415. The van der Waals surface area contributed by atoms with Crippen molar-refractivity contribution in [3.8, 4) is 0 Å². The van der Waals surface area contributed by atoms with Crippen LogP contribution in [0.4, 0.5) is 24.7 Å². The number of nitrogens with zero attached hydrogens (tertiary/aromatic N) is 2. The van der Waals surface area contributed by atoms with E-state index in [1.807, 2.05) is 30.3 Å². The number of para-hydroxylation sites is 1. The molecular formula is C17H11F3N4. The van der Waals surface area contributed by atoms with Gasteiger partial charge in [0.25, 0.3) is 0 Å². The van der Waals surface area contributed by atoms with E-state index in [4.69, 9.17) is 0 Å². The number of rotatable bonds is 2. The van der Waals surface area contributed by atoms with Gasteiger partial charge in [0.15, 0.2) is 5.82 Å². The average molecular weight is 328 g/mol. The normalized spacial score (nSPS) is 12.0. The molecule has 0 aliphatic carbocycles. The number of hydrogen-bond acceptors (Lipinski definition) is 3. The lowest BCUT2D eigenvalue weighted by Gasteiger charge is -2.06. The Labute approximate surface area is 134 Å². The molecule has 7 heteroatoms. The van der Waals surface area contributed by atoms with Crippen molar-refractivity contribution < 1.29 is 13.2 Å². The van der Waals surface area contributed by atoms with Crippen LogP contribution in [-0.4, -0.2) is 15.0 Å². The van der Waals surface area contributed by atoms with E-state index in [0.717, 1.165) is 17.8 Å². The van der Waals surface area contributed by atoms with Gasteiger partial charge in [0.1, 0.15) is 17.4 Å². The molecule has 0 spiro atoms. The van der Waals surface area contributed by atoms with Crippen molar-refractivity contribution in [1.82, 2.24) is 15.0 Å². The van der Waals surface area contributed by atoms with Crippen molar-refractivity contribution >= 4 is 33.4 Å². The average Bonchev–Trinajstić information content (AvgIpc) is 2.94. The number of aromatic nitrogens is 3. The number of anilines is 2. The summed E-state index contributed by atoms with van der Waals surface area (Å²) in [5.41, 5.74) is 1.72. The molecule has 0 unspecified atom stereocenters. The minimum Gasteiger partial charge on any atom is -0.350 e. The molecule has 0 saturated heterocycles. The highest BCUT2D eigenvalue weighted by Gasteiger charge is 2.31. The van der Waals surface area contributed by atoms with E-state index in [1.54, 1.807) is 0 Å². The topological polar surface area (TPSA) is 53.6 Å². The largest absolute Gasteiger partial charge is 0.416 e. The van der Waals surface area contributed by atoms with Gasteiger partial charge in [-0.25, -0.2) is 9.97 Å². The van der Waals surface area contributed by atoms with Crippen LogP contribution in [0, 0.1) is 0 Å². The molecule has 2 aromatic carbocycles. The summed E-state index contributed by atoms with van der Waals surface area (Å²) in [5, 5.41) is 3.56. The Balaban J connectivity index is 1.89. The lowest BCUT2D eigenvalue weighted by atomic mass is 10.1. The van der Waals surface area contributed by atoms with Crippen LogP contribution in [0.15, 0.2) is 54.9 Å². The number of hydrogen-bond donors (Lipinski definition) is 2. The third-order valence-corrected chi connectivity index (χ3v) is 3.75. The van der Waals surface area contributed by atoms with E-state index < -0.39 is 11.7 Å². The van der Waals surface area contributed by atoms with Gasteiger partial charge in [-0.15, -0.1) is 0 Å². The number of halogens is 3. The monoisotopic (exact) mass is 328 g/mol. The number of nitrogens with one attached hydrogen (secondary N) is 2. The van der Waals surface area contributed by atoms with E-state index in [9.17, 15) is 13.2 Å². The molecule has 4 aromatic rings. The van der Waals surface area contributed by atoms with E-state index in [1.165, 1.54) is 12.4 Å².